The largest absolute Gasteiger partial charge is 0.485 e. The van der Waals surface area contributed by atoms with Gasteiger partial charge in [0.25, 0.3) is 0 Å². The first-order chi connectivity index (χ1) is 15.7. The zero-order valence-corrected chi connectivity index (χ0v) is 17.5. The summed E-state index contributed by atoms with van der Waals surface area (Å²) in [5.41, 5.74) is 4.63. The molecule has 0 aromatic heterocycles. The first-order valence-electron chi connectivity index (χ1n) is 10.8. The summed E-state index contributed by atoms with van der Waals surface area (Å²) < 4.78 is 6.02. The molecule has 1 atom stereocenters. The van der Waals surface area contributed by atoms with E-state index in [1.165, 1.54) is 11.1 Å². The smallest absolute Gasteiger partial charge is 0.194 e. The lowest BCUT2D eigenvalue weighted by Crippen LogP contribution is -2.20. The topological polar surface area (TPSA) is 43.4 Å². The minimum Gasteiger partial charge on any atom is -0.485 e. The summed E-state index contributed by atoms with van der Waals surface area (Å²) >= 11 is 0. The van der Waals surface area contributed by atoms with E-state index in [1.807, 2.05) is 12.1 Å². The number of carbonyl (C=O) groups excluding carboxylic acids is 2. The molecule has 32 heavy (non-hydrogen) atoms. The van der Waals surface area contributed by atoms with Crippen LogP contribution in [0.3, 0.4) is 0 Å². The third-order valence-electron chi connectivity index (χ3n) is 5.92. The van der Waals surface area contributed by atoms with Crippen LogP contribution in [0.1, 0.15) is 55.5 Å². The molecule has 1 aliphatic carbocycles. The Bertz CT molecular complexity index is 1190. The maximum Gasteiger partial charge on any atom is 0.194 e. The van der Waals surface area contributed by atoms with Gasteiger partial charge in [-0.05, 0) is 30.0 Å². The molecule has 2 aliphatic rings. The van der Waals surface area contributed by atoms with Crippen molar-refractivity contribution in [2.24, 2.45) is 0 Å². The Morgan fingerprint density at radius 3 is 1.59 bits per heavy atom. The summed E-state index contributed by atoms with van der Waals surface area (Å²) in [6.07, 6.45) is 2.40. The molecule has 3 nitrogen and oxygen atoms in total. The van der Waals surface area contributed by atoms with Crippen molar-refractivity contribution in [1.29, 1.82) is 0 Å². The van der Waals surface area contributed by atoms with Gasteiger partial charge in [-0.15, -0.1) is 0 Å². The van der Waals surface area contributed by atoms with Gasteiger partial charge < -0.3 is 4.74 Å². The minimum absolute atomic E-state index is 0.0641. The van der Waals surface area contributed by atoms with Crippen molar-refractivity contribution in [2.75, 3.05) is 0 Å². The number of hydrogen-bond donors (Lipinski definition) is 0. The maximum atomic E-state index is 12.1. The lowest BCUT2D eigenvalue weighted by atomic mass is 9.84. The average Bonchev–Trinajstić information content (AvgIpc) is 2.88. The molecule has 1 heterocycles. The van der Waals surface area contributed by atoms with Crippen LogP contribution in [0.25, 0.3) is 0 Å². The number of para-hydroxylation sites is 1. The quantitative estimate of drug-likeness (QED) is 0.325. The highest BCUT2D eigenvalue weighted by molar-refractivity contribution is 6.28. The number of hydrogen-bond acceptors (Lipinski definition) is 3. The van der Waals surface area contributed by atoms with Crippen molar-refractivity contribution in [3.63, 3.8) is 0 Å². The van der Waals surface area contributed by atoms with Gasteiger partial charge in [0.15, 0.2) is 11.6 Å². The number of fused-ring (bicyclic) bond motifs is 3. The molecule has 4 aromatic carbocycles. The predicted octanol–water partition coefficient (Wildman–Crippen LogP) is 6.21. The molecule has 0 N–H and O–H groups in total. The molecule has 3 heteroatoms. The second-order valence-corrected chi connectivity index (χ2v) is 7.91. The number of carbonyl (C=O) groups is 2. The van der Waals surface area contributed by atoms with Gasteiger partial charge in [0.2, 0.25) is 0 Å². The van der Waals surface area contributed by atoms with Crippen LogP contribution in [0.2, 0.25) is 0 Å². The van der Waals surface area contributed by atoms with E-state index < -0.39 is 0 Å². The minimum atomic E-state index is -0.0641. The Hall–Kier alpha value is -3.98. The first-order valence-corrected chi connectivity index (χ1v) is 10.8. The summed E-state index contributed by atoms with van der Waals surface area (Å²) in [6, 6.07) is 32.7. The van der Waals surface area contributed by atoms with Gasteiger partial charge in [-0.2, -0.15) is 0 Å². The molecule has 156 valence electrons. The lowest BCUT2D eigenvalue weighted by Gasteiger charge is -2.26. The highest BCUT2D eigenvalue weighted by Gasteiger charge is 2.28. The number of aryl methyl sites for hydroxylation is 1. The molecule has 6 rings (SSSR count). The molecule has 1 aliphatic heterocycles. The molecular weight excluding hydrogens is 396 g/mol. The summed E-state index contributed by atoms with van der Waals surface area (Å²) in [5, 5.41) is 0. The van der Waals surface area contributed by atoms with Crippen molar-refractivity contribution >= 4 is 11.6 Å². The maximum absolute atomic E-state index is 12.1. The zero-order valence-electron chi connectivity index (χ0n) is 17.5. The standard InChI is InChI=1S/C15H14O.C14H8O2/c1-2-6-12(7-3-1)15-11-10-13-8-4-5-9-14(13)16-15;15-13-9-5-1-2-6-10(9)14(16)12-8-4-3-7-11(12)13/h1-9,15H,10-11H2;1-8H. The van der Waals surface area contributed by atoms with Crippen LogP contribution in [0, 0.1) is 0 Å². The Labute approximate surface area is 187 Å². The molecule has 0 bridgehead atoms. The Morgan fingerprint density at radius 1 is 0.562 bits per heavy atom. The van der Waals surface area contributed by atoms with E-state index >= 15 is 0 Å². The van der Waals surface area contributed by atoms with Crippen LogP contribution in [0.15, 0.2) is 103 Å². The molecule has 4 aromatic rings. The van der Waals surface area contributed by atoms with E-state index in [2.05, 4.69) is 42.5 Å². The van der Waals surface area contributed by atoms with Crippen molar-refractivity contribution < 1.29 is 14.3 Å². The molecule has 1 unspecified atom stereocenters. The van der Waals surface area contributed by atoms with E-state index in [0.717, 1.165) is 18.6 Å². The van der Waals surface area contributed by atoms with Crippen LogP contribution < -0.4 is 4.74 Å². The van der Waals surface area contributed by atoms with E-state index in [0.29, 0.717) is 22.3 Å². The monoisotopic (exact) mass is 418 g/mol. The summed E-state index contributed by atoms with van der Waals surface area (Å²) in [4.78, 5) is 24.2. The molecule has 0 spiro atoms. The van der Waals surface area contributed by atoms with Gasteiger partial charge in [0.05, 0.1) is 0 Å². The molecule has 0 saturated heterocycles. The zero-order chi connectivity index (χ0) is 21.9. The second kappa shape index (κ2) is 8.64. The number of benzene rings is 4. The molecule has 0 amide bonds. The van der Waals surface area contributed by atoms with E-state index in [-0.39, 0.29) is 17.7 Å². The highest BCUT2D eigenvalue weighted by atomic mass is 16.5. The molecule has 0 radical (unpaired) electrons. The summed E-state index contributed by atoms with van der Waals surface area (Å²) in [6.45, 7) is 0. The normalized spacial score (nSPS) is 15.9. The van der Waals surface area contributed by atoms with Crippen LogP contribution in [0.5, 0.6) is 5.75 Å². The van der Waals surface area contributed by atoms with Gasteiger partial charge in [0, 0.05) is 22.3 Å². The van der Waals surface area contributed by atoms with Crippen molar-refractivity contribution in [3.05, 3.63) is 137 Å². The third kappa shape index (κ3) is 3.74. The van der Waals surface area contributed by atoms with E-state index in [4.69, 9.17) is 4.74 Å². The summed E-state index contributed by atoms with van der Waals surface area (Å²) in [7, 11) is 0. The van der Waals surface area contributed by atoms with Crippen molar-refractivity contribution in [1.82, 2.24) is 0 Å². The summed E-state index contributed by atoms with van der Waals surface area (Å²) in [5.74, 6) is 0.916. The molecule has 0 saturated carbocycles. The number of rotatable bonds is 1. The van der Waals surface area contributed by atoms with Gasteiger partial charge >= 0.3 is 0 Å². The third-order valence-corrected chi connectivity index (χ3v) is 5.92. The van der Waals surface area contributed by atoms with Gasteiger partial charge in [-0.25, -0.2) is 0 Å². The second-order valence-electron chi connectivity index (χ2n) is 7.91. The fraction of sp³-hybridized carbons (Fsp3) is 0.103. The SMILES string of the molecule is O=C1c2ccccc2C(=O)c2ccccc21.c1ccc(C2CCc3ccccc3O2)cc1. The lowest BCUT2D eigenvalue weighted by molar-refractivity contribution is 0.0979. The van der Waals surface area contributed by atoms with Gasteiger partial charge in [0.1, 0.15) is 11.9 Å². The number of ether oxygens (including phenoxy) is 1. The van der Waals surface area contributed by atoms with Gasteiger partial charge in [-0.3, -0.25) is 9.59 Å². The average molecular weight is 418 g/mol. The van der Waals surface area contributed by atoms with Crippen LogP contribution in [0.4, 0.5) is 0 Å². The Kier molecular flexibility index (Phi) is 5.39. The van der Waals surface area contributed by atoms with Gasteiger partial charge in [-0.1, -0.05) is 97.1 Å². The predicted molar refractivity (Wildman–Crippen MR) is 124 cm³/mol. The van der Waals surface area contributed by atoms with Crippen molar-refractivity contribution in [3.8, 4) is 5.75 Å². The fourth-order valence-electron chi connectivity index (χ4n) is 4.27. The van der Waals surface area contributed by atoms with Crippen LogP contribution in [-0.2, 0) is 6.42 Å². The van der Waals surface area contributed by atoms with Crippen LogP contribution >= 0.6 is 0 Å². The van der Waals surface area contributed by atoms with E-state index in [1.54, 1.807) is 48.5 Å². The van der Waals surface area contributed by atoms with Crippen molar-refractivity contribution in [2.45, 2.75) is 18.9 Å². The van der Waals surface area contributed by atoms with Crippen LogP contribution in [-0.4, -0.2) is 11.6 Å². The number of ketones is 2. The molecule has 0 fully saturated rings. The first kappa shape index (κ1) is 20.0. The fourth-order valence-corrected chi connectivity index (χ4v) is 4.27. The van der Waals surface area contributed by atoms with E-state index in [9.17, 15) is 9.59 Å². The molecular formula is C29H22O3. The Morgan fingerprint density at radius 2 is 1.03 bits per heavy atom. The Balaban J connectivity index is 0.000000135. The highest BCUT2D eigenvalue weighted by Crippen LogP contribution is 2.34.